The molecular weight excluding hydrogens is 208 g/mol. The molecule has 84 valence electrons. The quantitative estimate of drug-likeness (QED) is 0.605. The van der Waals surface area contributed by atoms with Gasteiger partial charge in [-0.25, -0.2) is 0 Å². The topological polar surface area (TPSA) is 47.3 Å². The van der Waals surface area contributed by atoms with E-state index in [0.29, 0.717) is 5.92 Å². The Kier molecular flexibility index (Phi) is 3.75. The zero-order valence-electron chi connectivity index (χ0n) is 8.98. The smallest absolute Gasteiger partial charge is 0.0771 e. The molecular formula is C11H18N2OS. The monoisotopic (exact) mass is 226 g/mol. The van der Waals surface area contributed by atoms with Crippen LogP contribution in [0.3, 0.4) is 0 Å². The molecule has 1 aliphatic heterocycles. The second kappa shape index (κ2) is 5.07. The molecule has 2 heterocycles. The number of thiophene rings is 1. The molecule has 0 radical (unpaired) electrons. The number of nitrogens with two attached hydrogens (primary N) is 1. The predicted molar refractivity (Wildman–Crippen MR) is 62.7 cm³/mol. The molecule has 1 fully saturated rings. The summed E-state index contributed by atoms with van der Waals surface area (Å²) in [6, 6.07) is 4.46. The van der Waals surface area contributed by atoms with Gasteiger partial charge in [-0.1, -0.05) is 13.0 Å². The summed E-state index contributed by atoms with van der Waals surface area (Å²) in [6.45, 7) is 3.10. The van der Waals surface area contributed by atoms with Crippen molar-refractivity contribution < 1.29 is 4.74 Å². The Labute approximate surface area is 94.6 Å². The maximum absolute atomic E-state index is 5.73. The molecule has 0 amide bonds. The minimum Gasteiger partial charge on any atom is -0.376 e. The third-order valence-corrected chi connectivity index (χ3v) is 3.95. The van der Waals surface area contributed by atoms with E-state index in [4.69, 9.17) is 10.6 Å². The van der Waals surface area contributed by atoms with Crippen molar-refractivity contribution in [2.45, 2.75) is 31.9 Å². The van der Waals surface area contributed by atoms with Gasteiger partial charge >= 0.3 is 0 Å². The molecule has 3 N–H and O–H groups in total. The number of rotatable bonds is 4. The first kappa shape index (κ1) is 11.1. The lowest BCUT2D eigenvalue weighted by Crippen LogP contribution is -2.47. The zero-order chi connectivity index (χ0) is 10.7. The summed E-state index contributed by atoms with van der Waals surface area (Å²) in [7, 11) is 0. The Morgan fingerprint density at radius 2 is 2.60 bits per heavy atom. The fraction of sp³-hybridized carbons (Fsp3) is 0.636. The molecule has 4 heteroatoms. The van der Waals surface area contributed by atoms with Crippen molar-refractivity contribution in [3.05, 3.63) is 22.4 Å². The van der Waals surface area contributed by atoms with Gasteiger partial charge in [0.05, 0.1) is 12.1 Å². The molecule has 0 bridgehead atoms. The third-order valence-electron chi connectivity index (χ3n) is 3.06. The number of ether oxygens (including phenoxy) is 1. The molecule has 1 aromatic rings. The third kappa shape index (κ3) is 2.58. The number of hydrogen-bond acceptors (Lipinski definition) is 4. The Hall–Kier alpha value is -0.420. The average molecular weight is 226 g/mol. The van der Waals surface area contributed by atoms with Crippen LogP contribution in [0.25, 0.3) is 0 Å². The highest BCUT2D eigenvalue weighted by Gasteiger charge is 2.31. The van der Waals surface area contributed by atoms with Crippen molar-refractivity contribution >= 4 is 11.3 Å². The van der Waals surface area contributed by atoms with E-state index in [1.807, 2.05) is 0 Å². The molecule has 0 aromatic carbocycles. The van der Waals surface area contributed by atoms with E-state index in [9.17, 15) is 0 Å². The molecule has 15 heavy (non-hydrogen) atoms. The fourth-order valence-electron chi connectivity index (χ4n) is 2.15. The van der Waals surface area contributed by atoms with Gasteiger partial charge in [-0.05, 0) is 23.8 Å². The minimum atomic E-state index is 0.237. The second-order valence-electron chi connectivity index (χ2n) is 4.16. The maximum atomic E-state index is 5.73. The summed E-state index contributed by atoms with van der Waals surface area (Å²) in [4.78, 5) is 1.36. The summed E-state index contributed by atoms with van der Waals surface area (Å²) >= 11 is 1.78. The Morgan fingerprint density at radius 1 is 1.73 bits per heavy atom. The molecule has 3 atom stereocenters. The average Bonchev–Trinajstić information content (AvgIpc) is 2.85. The first-order valence-corrected chi connectivity index (χ1v) is 6.29. The SMILES string of the molecule is CC1CCOC1C(Cc1cccs1)NN. The lowest BCUT2D eigenvalue weighted by atomic mass is 9.95. The van der Waals surface area contributed by atoms with Gasteiger partial charge in [0.15, 0.2) is 0 Å². The molecule has 0 spiro atoms. The van der Waals surface area contributed by atoms with Crippen molar-refractivity contribution in [1.29, 1.82) is 0 Å². The van der Waals surface area contributed by atoms with Crippen LogP contribution in [0.5, 0.6) is 0 Å². The van der Waals surface area contributed by atoms with E-state index in [-0.39, 0.29) is 12.1 Å². The van der Waals surface area contributed by atoms with E-state index in [1.165, 1.54) is 4.88 Å². The molecule has 1 saturated heterocycles. The van der Waals surface area contributed by atoms with Gasteiger partial charge in [0.25, 0.3) is 0 Å². The van der Waals surface area contributed by atoms with Gasteiger partial charge in [0.2, 0.25) is 0 Å². The van der Waals surface area contributed by atoms with Crippen LogP contribution in [0.15, 0.2) is 17.5 Å². The van der Waals surface area contributed by atoms with Gasteiger partial charge < -0.3 is 4.74 Å². The van der Waals surface area contributed by atoms with E-state index in [1.54, 1.807) is 11.3 Å². The molecule has 1 aromatic heterocycles. The zero-order valence-corrected chi connectivity index (χ0v) is 9.80. The van der Waals surface area contributed by atoms with E-state index in [2.05, 4.69) is 29.9 Å². The summed E-state index contributed by atoms with van der Waals surface area (Å²) in [5.41, 5.74) is 2.89. The fourth-order valence-corrected chi connectivity index (χ4v) is 2.91. The summed E-state index contributed by atoms with van der Waals surface area (Å²) in [5.74, 6) is 6.21. The van der Waals surface area contributed by atoms with E-state index < -0.39 is 0 Å². The van der Waals surface area contributed by atoms with Crippen LogP contribution in [-0.4, -0.2) is 18.8 Å². The Balaban J connectivity index is 1.97. The van der Waals surface area contributed by atoms with Crippen molar-refractivity contribution in [3.8, 4) is 0 Å². The van der Waals surface area contributed by atoms with Crippen LogP contribution in [0.4, 0.5) is 0 Å². The first-order valence-electron chi connectivity index (χ1n) is 5.41. The van der Waals surface area contributed by atoms with E-state index >= 15 is 0 Å². The van der Waals surface area contributed by atoms with Gasteiger partial charge in [-0.2, -0.15) is 0 Å². The lowest BCUT2D eigenvalue weighted by molar-refractivity contribution is 0.0613. The molecule has 0 aliphatic carbocycles. The first-order chi connectivity index (χ1) is 7.31. The standard InChI is InChI=1S/C11H18N2OS/c1-8-4-5-14-11(8)10(13-12)7-9-3-2-6-15-9/h2-3,6,8,10-11,13H,4-5,7,12H2,1H3. The van der Waals surface area contributed by atoms with Gasteiger partial charge in [0.1, 0.15) is 0 Å². The summed E-state index contributed by atoms with van der Waals surface area (Å²) < 4.78 is 5.73. The molecule has 1 aliphatic rings. The number of hydrogen-bond donors (Lipinski definition) is 2. The van der Waals surface area contributed by atoms with Crippen LogP contribution in [-0.2, 0) is 11.2 Å². The highest BCUT2D eigenvalue weighted by atomic mass is 32.1. The van der Waals surface area contributed by atoms with Crippen molar-refractivity contribution in [1.82, 2.24) is 5.43 Å². The highest BCUT2D eigenvalue weighted by molar-refractivity contribution is 7.09. The lowest BCUT2D eigenvalue weighted by Gasteiger charge is -2.24. The molecule has 3 nitrogen and oxygen atoms in total. The highest BCUT2D eigenvalue weighted by Crippen LogP contribution is 2.25. The summed E-state index contributed by atoms with van der Waals surface area (Å²) in [5, 5.41) is 2.10. The molecule has 0 saturated carbocycles. The van der Waals surface area contributed by atoms with Crippen molar-refractivity contribution in [3.63, 3.8) is 0 Å². The number of hydrazine groups is 1. The Morgan fingerprint density at radius 3 is 3.13 bits per heavy atom. The van der Waals surface area contributed by atoms with Crippen LogP contribution in [0.1, 0.15) is 18.2 Å². The molecule has 2 rings (SSSR count). The van der Waals surface area contributed by atoms with Gasteiger partial charge in [-0.3, -0.25) is 11.3 Å². The minimum absolute atomic E-state index is 0.237. The van der Waals surface area contributed by atoms with Crippen LogP contribution < -0.4 is 11.3 Å². The van der Waals surface area contributed by atoms with Gasteiger partial charge in [-0.15, -0.1) is 11.3 Å². The van der Waals surface area contributed by atoms with Crippen molar-refractivity contribution in [2.75, 3.05) is 6.61 Å². The normalized spacial score (nSPS) is 28.1. The van der Waals surface area contributed by atoms with E-state index in [0.717, 1.165) is 19.4 Å². The van der Waals surface area contributed by atoms with Crippen LogP contribution in [0.2, 0.25) is 0 Å². The Bertz CT molecular complexity index is 289. The van der Waals surface area contributed by atoms with Crippen molar-refractivity contribution in [2.24, 2.45) is 11.8 Å². The van der Waals surface area contributed by atoms with Crippen LogP contribution in [0, 0.1) is 5.92 Å². The molecule has 3 unspecified atom stereocenters. The van der Waals surface area contributed by atoms with Crippen LogP contribution >= 0.6 is 11.3 Å². The summed E-state index contributed by atoms with van der Waals surface area (Å²) in [6.07, 6.45) is 2.37. The second-order valence-corrected chi connectivity index (χ2v) is 5.19. The maximum Gasteiger partial charge on any atom is 0.0771 e. The van der Waals surface area contributed by atoms with Gasteiger partial charge in [0, 0.05) is 17.9 Å². The number of nitrogens with one attached hydrogen (secondary N) is 1. The largest absolute Gasteiger partial charge is 0.376 e. The predicted octanol–water partition coefficient (Wildman–Crippen LogP) is 1.55.